The Morgan fingerprint density at radius 2 is 1.49 bits per heavy atom. The number of benzene rings is 3. The average Bonchev–Trinajstić information content (AvgIpc) is 3.02. The van der Waals surface area contributed by atoms with Crippen LogP contribution in [-0.4, -0.2) is 104 Å². The highest BCUT2D eigenvalue weighted by Gasteiger charge is 2.25. The van der Waals surface area contributed by atoms with Gasteiger partial charge in [0.25, 0.3) is 30.4 Å². The van der Waals surface area contributed by atoms with Crippen LogP contribution in [0, 0.1) is 0 Å². The summed E-state index contributed by atoms with van der Waals surface area (Å²) in [5.74, 6) is -0.121. The number of halogens is 1. The molecule has 4 aromatic rings. The third-order valence-corrected chi connectivity index (χ3v) is 9.87. The van der Waals surface area contributed by atoms with Crippen LogP contribution < -0.4 is 27.4 Å². The first-order valence-electron chi connectivity index (χ1n) is 14.4. The summed E-state index contributed by atoms with van der Waals surface area (Å²) in [5.41, 5.74) is 10.8. The van der Waals surface area contributed by atoms with Crippen LogP contribution in [0.5, 0.6) is 0 Å². The SMILES string of the molecule is NC(N)=Nc1cc(Nc2nc(Cl)nc(NCCN3CCNCC3)n2)ccc1N=Nc1cc2c(S(=O)(=O)O)cc(S(=O)(=O)O)cc2cc1S(=O)(=O)O. The summed E-state index contributed by atoms with van der Waals surface area (Å²) in [6.07, 6.45) is 0. The molecule has 5 rings (SSSR count). The Morgan fingerprint density at radius 1 is 0.824 bits per heavy atom. The van der Waals surface area contributed by atoms with Gasteiger partial charge in [-0.05, 0) is 59.5 Å². The Bertz CT molecular complexity index is 2390. The lowest BCUT2D eigenvalue weighted by Gasteiger charge is -2.27. The van der Waals surface area contributed by atoms with Crippen molar-refractivity contribution in [3.05, 3.63) is 47.7 Å². The minimum Gasteiger partial charge on any atom is -0.370 e. The predicted molar refractivity (Wildman–Crippen MR) is 185 cm³/mol. The fraction of sp³-hybridized carbons (Fsp3) is 0.231. The van der Waals surface area contributed by atoms with E-state index in [1.54, 1.807) is 0 Å². The average molecular weight is 785 g/mol. The third-order valence-electron chi connectivity index (χ3n) is 7.10. The summed E-state index contributed by atoms with van der Waals surface area (Å²) in [6, 6.07) is 6.92. The van der Waals surface area contributed by atoms with Gasteiger partial charge in [0.1, 0.15) is 21.2 Å². The number of anilines is 3. The Balaban J connectivity index is 1.48. The second-order valence-corrected chi connectivity index (χ2v) is 15.3. The number of nitrogens with two attached hydrogens (primary N) is 2. The largest absolute Gasteiger partial charge is 0.370 e. The van der Waals surface area contributed by atoms with Gasteiger partial charge in [-0.3, -0.25) is 18.6 Å². The van der Waals surface area contributed by atoms with Gasteiger partial charge in [0.15, 0.2) is 5.96 Å². The van der Waals surface area contributed by atoms with E-state index in [9.17, 15) is 38.9 Å². The van der Waals surface area contributed by atoms with Gasteiger partial charge in [0, 0.05) is 50.3 Å². The monoisotopic (exact) mass is 784 g/mol. The molecule has 0 radical (unpaired) electrons. The van der Waals surface area contributed by atoms with Crippen LogP contribution in [0.2, 0.25) is 5.28 Å². The molecule has 2 heterocycles. The summed E-state index contributed by atoms with van der Waals surface area (Å²) in [5, 5.41) is 16.2. The highest BCUT2D eigenvalue weighted by Crippen LogP contribution is 2.38. The van der Waals surface area contributed by atoms with Crippen molar-refractivity contribution in [2.24, 2.45) is 26.7 Å². The van der Waals surface area contributed by atoms with E-state index in [2.05, 4.69) is 51.0 Å². The molecule has 1 fully saturated rings. The van der Waals surface area contributed by atoms with Gasteiger partial charge in [-0.2, -0.15) is 40.2 Å². The van der Waals surface area contributed by atoms with E-state index < -0.39 is 67.5 Å². The van der Waals surface area contributed by atoms with E-state index in [4.69, 9.17) is 23.1 Å². The van der Waals surface area contributed by atoms with Crippen molar-refractivity contribution in [2.75, 3.05) is 49.9 Å². The molecule has 1 saturated heterocycles. The molecule has 0 spiro atoms. The molecule has 1 aromatic heterocycles. The lowest BCUT2D eigenvalue weighted by Crippen LogP contribution is -2.45. The molecular formula is C26H29ClN12O9S3. The molecule has 0 saturated carbocycles. The van der Waals surface area contributed by atoms with E-state index in [-0.39, 0.29) is 28.6 Å². The Kier molecular flexibility index (Phi) is 11.0. The fourth-order valence-electron chi connectivity index (χ4n) is 4.86. The Morgan fingerprint density at radius 3 is 2.14 bits per heavy atom. The quantitative estimate of drug-likeness (QED) is 0.0439. The first-order chi connectivity index (χ1) is 23.9. The topological polar surface area (TPSA) is 330 Å². The van der Waals surface area contributed by atoms with Crippen molar-refractivity contribution in [1.29, 1.82) is 0 Å². The summed E-state index contributed by atoms with van der Waals surface area (Å²) >= 11 is 6.12. The molecule has 0 atom stereocenters. The molecule has 3 aromatic carbocycles. The van der Waals surface area contributed by atoms with Crippen molar-refractivity contribution in [1.82, 2.24) is 25.2 Å². The molecule has 0 unspecified atom stereocenters. The van der Waals surface area contributed by atoms with Crippen LogP contribution in [0.25, 0.3) is 10.8 Å². The maximum atomic E-state index is 12.3. The van der Waals surface area contributed by atoms with Gasteiger partial charge < -0.3 is 27.4 Å². The Hall–Kier alpha value is -4.66. The van der Waals surface area contributed by atoms with E-state index in [1.807, 2.05) is 0 Å². The molecule has 1 aliphatic heterocycles. The molecule has 0 aliphatic carbocycles. The normalized spacial score (nSPS) is 14.5. The lowest BCUT2D eigenvalue weighted by molar-refractivity contribution is 0.249. The molecule has 51 heavy (non-hydrogen) atoms. The first-order valence-corrected chi connectivity index (χ1v) is 19.1. The van der Waals surface area contributed by atoms with Crippen LogP contribution in [-0.2, 0) is 30.4 Å². The molecule has 0 bridgehead atoms. The van der Waals surface area contributed by atoms with Gasteiger partial charge in [-0.1, -0.05) is 0 Å². The van der Waals surface area contributed by atoms with Crippen LogP contribution in [0.3, 0.4) is 0 Å². The summed E-state index contributed by atoms with van der Waals surface area (Å²) in [6.45, 7) is 4.95. The molecule has 272 valence electrons. The first kappa shape index (κ1) is 37.6. The molecular weight excluding hydrogens is 756 g/mol. The Labute approximate surface area is 295 Å². The highest BCUT2D eigenvalue weighted by molar-refractivity contribution is 7.87. The minimum atomic E-state index is -5.15. The van der Waals surface area contributed by atoms with Crippen LogP contribution in [0.4, 0.5) is 34.6 Å². The maximum absolute atomic E-state index is 12.3. The summed E-state index contributed by atoms with van der Waals surface area (Å²) in [4.78, 5) is 15.9. The number of guanidine groups is 1. The number of aromatic nitrogens is 3. The van der Waals surface area contributed by atoms with E-state index in [1.165, 1.54) is 18.2 Å². The minimum absolute atomic E-state index is 0.0103. The van der Waals surface area contributed by atoms with E-state index in [0.717, 1.165) is 44.9 Å². The van der Waals surface area contributed by atoms with Gasteiger partial charge >= 0.3 is 0 Å². The second kappa shape index (κ2) is 14.9. The highest BCUT2D eigenvalue weighted by atomic mass is 35.5. The van der Waals surface area contributed by atoms with Crippen molar-refractivity contribution in [3.8, 4) is 0 Å². The smallest absolute Gasteiger partial charge is 0.296 e. The van der Waals surface area contributed by atoms with E-state index >= 15 is 0 Å². The second-order valence-electron chi connectivity index (χ2n) is 10.7. The fourth-order valence-corrected chi connectivity index (χ4v) is 7.01. The van der Waals surface area contributed by atoms with Crippen LogP contribution >= 0.6 is 11.6 Å². The number of rotatable bonds is 12. The molecule has 21 nitrogen and oxygen atoms in total. The van der Waals surface area contributed by atoms with Gasteiger partial charge in [0.2, 0.25) is 17.2 Å². The van der Waals surface area contributed by atoms with Crippen molar-refractivity contribution >= 4 is 93.3 Å². The number of hydrogen-bond acceptors (Lipinski definition) is 16. The summed E-state index contributed by atoms with van der Waals surface area (Å²) < 4.78 is 102. The van der Waals surface area contributed by atoms with Gasteiger partial charge in [-0.15, -0.1) is 10.2 Å². The van der Waals surface area contributed by atoms with Gasteiger partial charge in [-0.25, -0.2) is 4.99 Å². The maximum Gasteiger partial charge on any atom is 0.296 e. The number of azo groups is 1. The zero-order chi connectivity index (χ0) is 37.1. The van der Waals surface area contributed by atoms with Gasteiger partial charge in [0.05, 0.1) is 10.6 Å². The van der Waals surface area contributed by atoms with Crippen molar-refractivity contribution in [2.45, 2.75) is 14.7 Å². The third kappa shape index (κ3) is 9.78. The number of nitrogens with one attached hydrogen (secondary N) is 3. The molecule has 10 N–H and O–H groups in total. The number of hydrogen-bond donors (Lipinski definition) is 8. The van der Waals surface area contributed by atoms with Crippen LogP contribution in [0.1, 0.15) is 0 Å². The number of piperazine rings is 1. The zero-order valence-corrected chi connectivity index (χ0v) is 29.2. The zero-order valence-electron chi connectivity index (χ0n) is 26.0. The van der Waals surface area contributed by atoms with Crippen molar-refractivity contribution < 1.29 is 38.9 Å². The van der Waals surface area contributed by atoms with E-state index in [0.29, 0.717) is 24.4 Å². The molecule has 1 aliphatic rings. The number of aliphatic imine (C=N–C) groups is 1. The number of nitrogens with zero attached hydrogens (tertiary/aromatic N) is 7. The summed E-state index contributed by atoms with van der Waals surface area (Å²) in [7, 11) is -15.3. The van der Waals surface area contributed by atoms with Crippen LogP contribution in [0.15, 0.2) is 72.4 Å². The number of fused-ring (bicyclic) bond motifs is 1. The standard InChI is InChI=1S/C26H29ClN12O9S3/c27-23-34-25(31-5-8-39-6-3-30-4-7-39)36-26(35-23)32-15-1-2-18(19(11-15)33-24(28)29)37-38-20-13-17-14(10-22(20)51(46,47)48)9-16(49(40,41)42)12-21(17)50(43,44)45/h1-2,9-13,30H,3-8H2,(H4,28,29,33)(H,40,41,42)(H,43,44,45)(H,46,47,48)(H2,31,32,34,35,36). The lowest BCUT2D eigenvalue weighted by atomic mass is 10.1. The predicted octanol–water partition coefficient (Wildman–Crippen LogP) is 1.80. The molecule has 25 heteroatoms. The van der Waals surface area contributed by atoms with Crippen molar-refractivity contribution in [3.63, 3.8) is 0 Å². The molecule has 0 amide bonds.